The summed E-state index contributed by atoms with van der Waals surface area (Å²) in [6, 6.07) is 4.11. The van der Waals surface area contributed by atoms with E-state index in [0.717, 1.165) is 32.1 Å². The number of carbonyl (C=O) groups is 2. The number of ether oxygens (including phenoxy) is 1. The Bertz CT molecular complexity index is 453. The van der Waals surface area contributed by atoms with Crippen LogP contribution >= 0.6 is 11.3 Å². The molecule has 2 amide bonds. The van der Waals surface area contributed by atoms with Crippen LogP contribution in [-0.4, -0.2) is 25.2 Å². The molecule has 1 fully saturated rings. The molecule has 116 valence electrons. The van der Waals surface area contributed by atoms with Crippen molar-refractivity contribution in [3.05, 3.63) is 22.4 Å². The van der Waals surface area contributed by atoms with Gasteiger partial charge in [-0.3, -0.25) is 4.79 Å². The molecule has 0 radical (unpaired) electrons. The van der Waals surface area contributed by atoms with E-state index in [9.17, 15) is 9.59 Å². The molecule has 1 saturated carbocycles. The largest absolute Gasteiger partial charge is 0.449 e. The van der Waals surface area contributed by atoms with Crippen molar-refractivity contribution in [3.63, 3.8) is 0 Å². The van der Waals surface area contributed by atoms with Crippen LogP contribution in [0.4, 0.5) is 4.79 Å². The maximum atomic E-state index is 12.1. The quantitative estimate of drug-likeness (QED) is 0.846. The molecule has 1 aliphatic carbocycles. The minimum Gasteiger partial charge on any atom is -0.449 e. The number of nitrogens with two attached hydrogens (primary N) is 1. The summed E-state index contributed by atoms with van der Waals surface area (Å²) < 4.78 is 4.82. The van der Waals surface area contributed by atoms with Gasteiger partial charge in [-0.25, -0.2) is 4.79 Å². The number of hydrogen-bond donors (Lipinski definition) is 2. The molecule has 0 spiro atoms. The van der Waals surface area contributed by atoms with Gasteiger partial charge in [-0.1, -0.05) is 6.07 Å². The molecule has 0 unspecified atom stereocenters. The van der Waals surface area contributed by atoms with Gasteiger partial charge < -0.3 is 15.8 Å². The maximum Gasteiger partial charge on any atom is 0.404 e. The monoisotopic (exact) mass is 310 g/mol. The summed E-state index contributed by atoms with van der Waals surface area (Å²) in [5.74, 6) is 0.589. The lowest BCUT2D eigenvalue weighted by atomic mass is 9.82. The van der Waals surface area contributed by atoms with Crippen LogP contribution in [-0.2, 0) is 16.0 Å². The average Bonchev–Trinajstić information content (AvgIpc) is 2.99. The molecule has 21 heavy (non-hydrogen) atoms. The highest BCUT2D eigenvalue weighted by Gasteiger charge is 2.26. The Morgan fingerprint density at radius 2 is 2.10 bits per heavy atom. The van der Waals surface area contributed by atoms with Gasteiger partial charge in [-0.2, -0.15) is 0 Å². The van der Waals surface area contributed by atoms with E-state index < -0.39 is 6.09 Å². The first kappa shape index (κ1) is 15.8. The zero-order valence-corrected chi connectivity index (χ0v) is 12.9. The number of hydrogen-bond acceptors (Lipinski definition) is 4. The summed E-state index contributed by atoms with van der Waals surface area (Å²) in [4.78, 5) is 23.9. The van der Waals surface area contributed by atoms with Gasteiger partial charge in [0.2, 0.25) is 5.91 Å². The molecule has 0 bridgehead atoms. The molecule has 0 atom stereocenters. The number of thiophene rings is 1. The van der Waals surface area contributed by atoms with Gasteiger partial charge >= 0.3 is 6.09 Å². The summed E-state index contributed by atoms with van der Waals surface area (Å²) >= 11 is 1.72. The standard InChI is InChI=1S/C15H22N2O3S/c16-15(19)20-10-11-3-5-12(6-4-11)14(18)17-8-7-13-2-1-9-21-13/h1-2,9,11-12H,3-8,10H2,(H2,16,19)(H,17,18). The van der Waals surface area contributed by atoms with Crippen LogP contribution in [0.3, 0.4) is 0 Å². The lowest BCUT2D eigenvalue weighted by Gasteiger charge is -2.27. The first-order valence-electron chi connectivity index (χ1n) is 7.37. The van der Waals surface area contributed by atoms with Crippen LogP contribution in [0.15, 0.2) is 17.5 Å². The predicted octanol–water partition coefficient (Wildman–Crippen LogP) is 2.31. The maximum absolute atomic E-state index is 12.1. The van der Waals surface area contributed by atoms with Crippen LogP contribution in [0, 0.1) is 11.8 Å². The molecular weight excluding hydrogens is 288 g/mol. The first-order valence-corrected chi connectivity index (χ1v) is 8.25. The highest BCUT2D eigenvalue weighted by molar-refractivity contribution is 7.09. The van der Waals surface area contributed by atoms with Gasteiger partial charge in [0.1, 0.15) is 0 Å². The van der Waals surface area contributed by atoms with Crippen LogP contribution in [0.2, 0.25) is 0 Å². The van der Waals surface area contributed by atoms with E-state index in [2.05, 4.69) is 11.4 Å². The second-order valence-electron chi connectivity index (χ2n) is 5.47. The summed E-state index contributed by atoms with van der Waals surface area (Å²) in [6.45, 7) is 1.08. The van der Waals surface area contributed by atoms with E-state index >= 15 is 0 Å². The third-order valence-electron chi connectivity index (χ3n) is 3.93. The van der Waals surface area contributed by atoms with Crippen molar-refractivity contribution in [3.8, 4) is 0 Å². The smallest absolute Gasteiger partial charge is 0.404 e. The highest BCUT2D eigenvalue weighted by Crippen LogP contribution is 2.29. The van der Waals surface area contributed by atoms with Crippen molar-refractivity contribution >= 4 is 23.3 Å². The van der Waals surface area contributed by atoms with Gasteiger partial charge in [0.05, 0.1) is 6.61 Å². The Morgan fingerprint density at radius 3 is 2.71 bits per heavy atom. The summed E-state index contributed by atoms with van der Waals surface area (Å²) in [6.07, 6.45) is 3.72. The van der Waals surface area contributed by atoms with Crippen molar-refractivity contribution in [2.45, 2.75) is 32.1 Å². The van der Waals surface area contributed by atoms with Crippen LogP contribution in [0.25, 0.3) is 0 Å². The topological polar surface area (TPSA) is 81.4 Å². The predicted molar refractivity (Wildman–Crippen MR) is 82.0 cm³/mol. The van der Waals surface area contributed by atoms with Gasteiger partial charge in [0.15, 0.2) is 0 Å². The third-order valence-corrected chi connectivity index (χ3v) is 4.87. The Kier molecular flexibility index (Phi) is 6.04. The fourth-order valence-corrected chi connectivity index (χ4v) is 3.41. The van der Waals surface area contributed by atoms with Crippen molar-refractivity contribution < 1.29 is 14.3 Å². The molecule has 3 N–H and O–H groups in total. The van der Waals surface area contributed by atoms with Crippen LogP contribution in [0.1, 0.15) is 30.6 Å². The van der Waals surface area contributed by atoms with Gasteiger partial charge in [-0.05, 0) is 49.5 Å². The molecule has 5 nitrogen and oxygen atoms in total. The molecule has 1 aromatic heterocycles. The van der Waals surface area contributed by atoms with E-state index in [1.165, 1.54) is 4.88 Å². The summed E-state index contributed by atoms with van der Waals surface area (Å²) in [5.41, 5.74) is 4.96. The average molecular weight is 310 g/mol. The molecule has 0 aromatic carbocycles. The Balaban J connectivity index is 1.62. The second kappa shape index (κ2) is 8.02. The number of rotatable bonds is 6. The third kappa shape index (κ3) is 5.38. The van der Waals surface area contributed by atoms with Crippen molar-refractivity contribution in [2.75, 3.05) is 13.2 Å². The van der Waals surface area contributed by atoms with E-state index in [-0.39, 0.29) is 11.8 Å². The highest BCUT2D eigenvalue weighted by atomic mass is 32.1. The van der Waals surface area contributed by atoms with Crippen molar-refractivity contribution in [1.29, 1.82) is 0 Å². The van der Waals surface area contributed by atoms with Crippen molar-refractivity contribution in [2.24, 2.45) is 17.6 Å². The zero-order chi connectivity index (χ0) is 15.1. The summed E-state index contributed by atoms with van der Waals surface area (Å²) in [7, 11) is 0. The fraction of sp³-hybridized carbons (Fsp3) is 0.600. The molecule has 0 saturated heterocycles. The minimum absolute atomic E-state index is 0.0955. The van der Waals surface area contributed by atoms with Gasteiger partial charge in [0, 0.05) is 17.3 Å². The van der Waals surface area contributed by atoms with Crippen LogP contribution < -0.4 is 11.1 Å². The zero-order valence-electron chi connectivity index (χ0n) is 12.0. The molecule has 1 aromatic rings. The first-order chi connectivity index (χ1) is 10.1. The van der Waals surface area contributed by atoms with Crippen LogP contribution in [0.5, 0.6) is 0 Å². The normalized spacial score (nSPS) is 21.7. The minimum atomic E-state index is -0.719. The molecule has 1 heterocycles. The number of primary amides is 1. The Morgan fingerprint density at radius 1 is 1.33 bits per heavy atom. The summed E-state index contributed by atoms with van der Waals surface area (Å²) in [5, 5.41) is 5.07. The lowest BCUT2D eigenvalue weighted by molar-refractivity contribution is -0.126. The molecule has 1 aliphatic rings. The molecule has 0 aliphatic heterocycles. The van der Waals surface area contributed by atoms with Gasteiger partial charge in [-0.15, -0.1) is 11.3 Å². The van der Waals surface area contributed by atoms with E-state index in [1.54, 1.807) is 11.3 Å². The Labute approximate surface area is 128 Å². The molecular formula is C15H22N2O3S. The fourth-order valence-electron chi connectivity index (χ4n) is 2.70. The lowest BCUT2D eigenvalue weighted by Crippen LogP contribution is -2.35. The van der Waals surface area contributed by atoms with Crippen molar-refractivity contribution in [1.82, 2.24) is 5.32 Å². The number of amides is 2. The van der Waals surface area contributed by atoms with E-state index in [1.807, 2.05) is 11.4 Å². The molecule has 6 heteroatoms. The second-order valence-corrected chi connectivity index (χ2v) is 6.50. The van der Waals surface area contributed by atoms with E-state index in [0.29, 0.717) is 19.1 Å². The number of carbonyl (C=O) groups excluding carboxylic acids is 2. The van der Waals surface area contributed by atoms with E-state index in [4.69, 9.17) is 10.5 Å². The number of nitrogens with one attached hydrogen (secondary N) is 1. The SMILES string of the molecule is NC(=O)OCC1CCC(C(=O)NCCc2cccs2)CC1. The van der Waals surface area contributed by atoms with Gasteiger partial charge in [0.25, 0.3) is 0 Å². The Hall–Kier alpha value is -1.56. The molecule has 2 rings (SSSR count).